The highest BCUT2D eigenvalue weighted by Gasteiger charge is 2.30. The van der Waals surface area contributed by atoms with Crippen LogP contribution < -0.4 is 19.1 Å². The number of ether oxygens (including phenoxy) is 3. The summed E-state index contributed by atoms with van der Waals surface area (Å²) >= 11 is 6.41. The summed E-state index contributed by atoms with van der Waals surface area (Å²) in [6, 6.07) is 21.2. The largest absolute Gasteiger partial charge is 0.487 e. The van der Waals surface area contributed by atoms with Crippen LogP contribution in [-0.2, 0) is 13.0 Å². The Morgan fingerprint density at radius 2 is 1.74 bits per heavy atom. The summed E-state index contributed by atoms with van der Waals surface area (Å²) in [5.74, 6) is 2.60. The van der Waals surface area contributed by atoms with E-state index < -0.39 is 0 Å². The van der Waals surface area contributed by atoms with Gasteiger partial charge >= 0.3 is 0 Å². The molecule has 178 valence electrons. The van der Waals surface area contributed by atoms with Gasteiger partial charge in [0.2, 0.25) is 6.79 Å². The fourth-order valence-electron chi connectivity index (χ4n) is 5.18. The quantitative estimate of drug-likeness (QED) is 0.416. The molecule has 0 radical (unpaired) electrons. The Hall–Kier alpha value is -2.60. The van der Waals surface area contributed by atoms with Crippen LogP contribution in [0.2, 0.25) is 5.02 Å². The minimum Gasteiger partial charge on any atom is -0.487 e. The van der Waals surface area contributed by atoms with Gasteiger partial charge in [-0.3, -0.25) is 4.90 Å². The Bertz CT molecular complexity index is 1170. The number of para-hydroxylation sites is 1. The molecule has 1 atom stereocenters. The number of hydrogen-bond acceptors (Lipinski definition) is 5. The summed E-state index contributed by atoms with van der Waals surface area (Å²) in [6.07, 6.45) is 3.41. The summed E-state index contributed by atoms with van der Waals surface area (Å²) in [5.41, 5.74) is 4.75. The lowest BCUT2D eigenvalue weighted by atomic mass is 10.1. The molecular weight excluding hydrogens is 471 g/mol. The zero-order valence-electron chi connectivity index (χ0n) is 18.9. The van der Waals surface area contributed by atoms with Gasteiger partial charge in [-0.1, -0.05) is 35.9 Å². The topological polar surface area (TPSA) is 34.2 Å². The molecular formula is C27H28Cl2N2O3. The van der Waals surface area contributed by atoms with E-state index in [1.807, 2.05) is 24.3 Å². The molecule has 1 fully saturated rings. The van der Waals surface area contributed by atoms with E-state index >= 15 is 0 Å². The first-order valence-corrected chi connectivity index (χ1v) is 12.0. The first-order chi connectivity index (χ1) is 16.2. The van der Waals surface area contributed by atoms with Gasteiger partial charge in [0.15, 0.2) is 11.5 Å². The van der Waals surface area contributed by atoms with Gasteiger partial charge in [0.05, 0.1) is 5.69 Å². The molecule has 0 aliphatic carbocycles. The molecule has 0 aromatic heterocycles. The molecule has 3 heterocycles. The molecule has 34 heavy (non-hydrogen) atoms. The Morgan fingerprint density at radius 1 is 0.882 bits per heavy atom. The molecule has 0 spiro atoms. The molecule has 3 aromatic carbocycles. The monoisotopic (exact) mass is 498 g/mol. The van der Waals surface area contributed by atoms with Crippen molar-refractivity contribution in [2.75, 3.05) is 31.3 Å². The normalized spacial score (nSPS) is 18.5. The van der Waals surface area contributed by atoms with Gasteiger partial charge in [0.25, 0.3) is 0 Å². The molecule has 3 aliphatic heterocycles. The maximum atomic E-state index is 6.41. The fraction of sp³-hybridized carbons (Fsp3) is 0.333. The molecule has 3 aliphatic rings. The summed E-state index contributed by atoms with van der Waals surface area (Å²) in [5, 5.41) is 0.729. The van der Waals surface area contributed by atoms with E-state index in [-0.39, 0.29) is 12.4 Å². The third-order valence-corrected chi connectivity index (χ3v) is 7.13. The van der Waals surface area contributed by atoms with Gasteiger partial charge in [0.1, 0.15) is 12.4 Å². The van der Waals surface area contributed by atoms with E-state index in [1.165, 1.54) is 29.7 Å². The van der Waals surface area contributed by atoms with Crippen molar-refractivity contribution in [2.24, 2.45) is 0 Å². The van der Waals surface area contributed by atoms with Crippen molar-refractivity contribution in [3.05, 3.63) is 76.8 Å². The zero-order valence-corrected chi connectivity index (χ0v) is 20.5. The lowest BCUT2D eigenvalue weighted by Crippen LogP contribution is -2.39. The highest BCUT2D eigenvalue weighted by Crippen LogP contribution is 2.41. The maximum absolute atomic E-state index is 6.41. The van der Waals surface area contributed by atoms with Crippen LogP contribution in [0, 0.1) is 0 Å². The molecule has 0 bridgehead atoms. The number of halogens is 2. The van der Waals surface area contributed by atoms with Crippen molar-refractivity contribution < 1.29 is 14.2 Å². The third-order valence-electron chi connectivity index (χ3n) is 6.89. The van der Waals surface area contributed by atoms with Crippen LogP contribution in [0.5, 0.6) is 17.2 Å². The van der Waals surface area contributed by atoms with Crippen LogP contribution in [0.3, 0.4) is 0 Å². The summed E-state index contributed by atoms with van der Waals surface area (Å²) < 4.78 is 17.2. The number of hydrogen-bond donors (Lipinski definition) is 0. The number of benzene rings is 3. The second kappa shape index (κ2) is 9.95. The molecule has 7 heteroatoms. The second-order valence-corrected chi connectivity index (χ2v) is 9.35. The summed E-state index contributed by atoms with van der Waals surface area (Å²) in [6.45, 7) is 3.95. The molecule has 0 N–H and O–H groups in total. The molecule has 0 amide bonds. The van der Waals surface area contributed by atoms with E-state index in [4.69, 9.17) is 25.8 Å². The van der Waals surface area contributed by atoms with Gasteiger partial charge < -0.3 is 19.1 Å². The van der Waals surface area contributed by atoms with E-state index in [1.54, 1.807) is 0 Å². The number of nitrogens with zero attached hydrogens (tertiary/aromatic N) is 2. The second-order valence-electron chi connectivity index (χ2n) is 8.91. The van der Waals surface area contributed by atoms with E-state index in [2.05, 4.69) is 46.2 Å². The zero-order chi connectivity index (χ0) is 22.2. The van der Waals surface area contributed by atoms with Gasteiger partial charge in [-0.2, -0.15) is 0 Å². The molecule has 5 nitrogen and oxygen atoms in total. The van der Waals surface area contributed by atoms with Crippen molar-refractivity contribution in [3.63, 3.8) is 0 Å². The Labute approximate surface area is 211 Å². The third kappa shape index (κ3) is 4.52. The maximum Gasteiger partial charge on any atom is 0.231 e. The fourth-order valence-corrected chi connectivity index (χ4v) is 5.34. The van der Waals surface area contributed by atoms with Crippen LogP contribution in [0.15, 0.2) is 60.7 Å². The molecule has 1 saturated heterocycles. The van der Waals surface area contributed by atoms with E-state index in [0.717, 1.165) is 54.0 Å². The number of fused-ring (bicyclic) bond motifs is 3. The van der Waals surface area contributed by atoms with E-state index in [0.29, 0.717) is 19.4 Å². The van der Waals surface area contributed by atoms with Gasteiger partial charge in [-0.05, 0) is 67.8 Å². The SMILES string of the molecule is Cl.Clc1ccc2c(c1)N(C[C@H]1CCCN1CCc1ccc3c(c1)OCO3)c1ccccc1CO2. The van der Waals surface area contributed by atoms with Crippen molar-refractivity contribution in [2.45, 2.75) is 31.9 Å². The standard InChI is InChI=1S/C27H27ClN2O3.ClH/c28-21-8-10-25-24(15-21)30(23-6-2-1-4-20(23)17-31-25)16-22-5-3-12-29(22)13-11-19-7-9-26-27(14-19)33-18-32-26;/h1-2,4,6-10,14-15,22H,3,5,11-13,16-18H2;1H/t22-;/m1./s1. The van der Waals surface area contributed by atoms with Crippen LogP contribution in [-0.4, -0.2) is 37.4 Å². The lowest BCUT2D eigenvalue weighted by molar-refractivity contribution is 0.174. The lowest BCUT2D eigenvalue weighted by Gasteiger charge is -2.33. The number of likely N-dealkylation sites (tertiary alicyclic amines) is 1. The molecule has 3 aromatic rings. The molecule has 6 rings (SSSR count). The van der Waals surface area contributed by atoms with Crippen molar-refractivity contribution >= 4 is 35.4 Å². The molecule has 0 saturated carbocycles. The van der Waals surface area contributed by atoms with Gasteiger partial charge in [0, 0.05) is 35.4 Å². The minimum absolute atomic E-state index is 0. The number of anilines is 2. The van der Waals surface area contributed by atoms with Gasteiger partial charge in [-0.15, -0.1) is 12.4 Å². The van der Waals surface area contributed by atoms with Crippen molar-refractivity contribution in [1.82, 2.24) is 4.90 Å². The average molecular weight is 499 g/mol. The van der Waals surface area contributed by atoms with Crippen LogP contribution in [0.25, 0.3) is 0 Å². The van der Waals surface area contributed by atoms with Gasteiger partial charge in [-0.25, -0.2) is 0 Å². The highest BCUT2D eigenvalue weighted by molar-refractivity contribution is 6.31. The highest BCUT2D eigenvalue weighted by atomic mass is 35.5. The predicted octanol–water partition coefficient (Wildman–Crippen LogP) is 6.23. The van der Waals surface area contributed by atoms with Crippen LogP contribution in [0.4, 0.5) is 11.4 Å². The summed E-state index contributed by atoms with van der Waals surface area (Å²) in [4.78, 5) is 5.04. The number of rotatable bonds is 5. The van der Waals surface area contributed by atoms with Crippen molar-refractivity contribution in [1.29, 1.82) is 0 Å². The summed E-state index contributed by atoms with van der Waals surface area (Å²) in [7, 11) is 0. The Balaban J connectivity index is 0.00000241. The molecule has 0 unspecified atom stereocenters. The Morgan fingerprint density at radius 3 is 2.68 bits per heavy atom. The Kier molecular flexibility index (Phi) is 6.77. The van der Waals surface area contributed by atoms with Crippen molar-refractivity contribution in [3.8, 4) is 17.2 Å². The first-order valence-electron chi connectivity index (χ1n) is 11.6. The van der Waals surface area contributed by atoms with E-state index in [9.17, 15) is 0 Å². The first kappa shape index (κ1) is 23.2. The predicted molar refractivity (Wildman–Crippen MR) is 137 cm³/mol. The average Bonchev–Trinajstić information content (AvgIpc) is 3.46. The van der Waals surface area contributed by atoms with Crippen LogP contribution >= 0.6 is 24.0 Å². The smallest absolute Gasteiger partial charge is 0.231 e. The minimum atomic E-state index is 0. The van der Waals surface area contributed by atoms with Crippen LogP contribution in [0.1, 0.15) is 24.0 Å².